The van der Waals surface area contributed by atoms with Crippen molar-refractivity contribution in [2.75, 3.05) is 5.32 Å². The number of nitrogens with zero attached hydrogens (tertiary/aromatic N) is 4. The van der Waals surface area contributed by atoms with Crippen molar-refractivity contribution in [1.82, 2.24) is 19.3 Å². The van der Waals surface area contributed by atoms with Crippen molar-refractivity contribution in [1.29, 1.82) is 0 Å². The first-order valence-corrected chi connectivity index (χ1v) is 8.74. The predicted octanol–water partition coefficient (Wildman–Crippen LogP) is 3.37. The summed E-state index contributed by atoms with van der Waals surface area (Å²) in [4.78, 5) is 16.5. The number of carbonyl (C=O) groups is 1. The fourth-order valence-corrected chi connectivity index (χ4v) is 3.11. The summed E-state index contributed by atoms with van der Waals surface area (Å²) in [5.41, 5.74) is 4.97. The summed E-state index contributed by atoms with van der Waals surface area (Å²) in [6, 6.07) is 7.97. The first kappa shape index (κ1) is 17.2. The van der Waals surface area contributed by atoms with Crippen LogP contribution in [-0.4, -0.2) is 25.2 Å². The molecule has 0 aliphatic heterocycles. The molecular weight excluding hydrogens is 314 g/mol. The highest BCUT2D eigenvalue weighted by molar-refractivity contribution is 5.93. The van der Waals surface area contributed by atoms with Gasteiger partial charge in [-0.2, -0.15) is 5.10 Å². The van der Waals surface area contributed by atoms with Gasteiger partial charge in [-0.15, -0.1) is 0 Å². The zero-order valence-electron chi connectivity index (χ0n) is 15.3. The molecular formula is C19H25N5O. The van der Waals surface area contributed by atoms with Gasteiger partial charge in [-0.1, -0.05) is 6.92 Å². The molecule has 2 aromatic heterocycles. The van der Waals surface area contributed by atoms with Crippen molar-refractivity contribution in [3.05, 3.63) is 41.5 Å². The quantitative estimate of drug-likeness (QED) is 0.749. The number of anilines is 1. The van der Waals surface area contributed by atoms with Crippen molar-refractivity contribution >= 4 is 22.6 Å². The Morgan fingerprint density at radius 3 is 2.72 bits per heavy atom. The van der Waals surface area contributed by atoms with Gasteiger partial charge in [0.05, 0.1) is 16.7 Å². The summed E-state index contributed by atoms with van der Waals surface area (Å²) in [6.07, 6.45) is 2.19. The fraction of sp³-hybridized carbons (Fsp3) is 0.421. The number of amides is 1. The number of aryl methyl sites for hydroxylation is 5. The van der Waals surface area contributed by atoms with Crippen molar-refractivity contribution in [2.45, 2.75) is 46.6 Å². The number of imidazole rings is 1. The number of fused-ring (bicyclic) bond motifs is 1. The van der Waals surface area contributed by atoms with E-state index in [4.69, 9.17) is 4.98 Å². The first-order chi connectivity index (χ1) is 12.0. The van der Waals surface area contributed by atoms with E-state index in [1.165, 1.54) is 0 Å². The molecule has 0 atom stereocenters. The molecule has 1 N–H and O–H groups in total. The van der Waals surface area contributed by atoms with Crippen LogP contribution in [0.25, 0.3) is 11.0 Å². The lowest BCUT2D eigenvalue weighted by atomic mass is 10.2. The molecule has 0 spiro atoms. The molecule has 6 nitrogen and oxygen atoms in total. The fourth-order valence-electron chi connectivity index (χ4n) is 3.11. The van der Waals surface area contributed by atoms with Crippen LogP contribution in [0.5, 0.6) is 0 Å². The average Bonchev–Trinajstić information content (AvgIpc) is 3.04. The topological polar surface area (TPSA) is 64.7 Å². The molecule has 0 saturated carbocycles. The van der Waals surface area contributed by atoms with Gasteiger partial charge in [-0.05, 0) is 44.5 Å². The summed E-state index contributed by atoms with van der Waals surface area (Å²) in [7, 11) is 2.03. The highest BCUT2D eigenvalue weighted by Crippen LogP contribution is 2.20. The molecule has 25 heavy (non-hydrogen) atoms. The molecule has 3 aromatic rings. The third kappa shape index (κ3) is 3.73. The van der Waals surface area contributed by atoms with Gasteiger partial charge in [0, 0.05) is 37.8 Å². The minimum absolute atomic E-state index is 0.0440. The Labute approximate surface area is 147 Å². The zero-order valence-corrected chi connectivity index (χ0v) is 15.3. The van der Waals surface area contributed by atoms with Crippen molar-refractivity contribution < 1.29 is 4.79 Å². The monoisotopic (exact) mass is 339 g/mol. The van der Waals surface area contributed by atoms with Gasteiger partial charge in [0.15, 0.2) is 0 Å². The maximum Gasteiger partial charge on any atom is 0.224 e. The molecule has 0 aliphatic rings. The highest BCUT2D eigenvalue weighted by atomic mass is 16.1. The molecule has 1 amide bonds. The molecule has 0 bridgehead atoms. The third-order valence-electron chi connectivity index (χ3n) is 4.38. The molecule has 0 unspecified atom stereocenters. The first-order valence-electron chi connectivity index (χ1n) is 8.74. The second kappa shape index (κ2) is 7.09. The predicted molar refractivity (Wildman–Crippen MR) is 99.7 cm³/mol. The standard InChI is InChI=1S/C19H25N5O/c1-5-6-19(25)20-15-7-8-17-16(12-15)21-18(23(17)4)9-10-24-14(3)11-13(2)22-24/h7-8,11-12H,5-6,9-10H2,1-4H3,(H,20,25). The van der Waals surface area contributed by atoms with Crippen molar-refractivity contribution in [3.8, 4) is 0 Å². The number of rotatable bonds is 6. The number of nitrogens with one attached hydrogen (secondary N) is 1. The Balaban J connectivity index is 1.78. The van der Waals surface area contributed by atoms with E-state index >= 15 is 0 Å². The van der Waals surface area contributed by atoms with Crippen LogP contribution in [0.15, 0.2) is 24.3 Å². The van der Waals surface area contributed by atoms with Gasteiger partial charge in [0.1, 0.15) is 5.82 Å². The Morgan fingerprint density at radius 2 is 2.04 bits per heavy atom. The van der Waals surface area contributed by atoms with Crippen LogP contribution in [0, 0.1) is 13.8 Å². The number of aromatic nitrogens is 4. The summed E-state index contributed by atoms with van der Waals surface area (Å²) >= 11 is 0. The highest BCUT2D eigenvalue weighted by Gasteiger charge is 2.10. The van der Waals surface area contributed by atoms with Crippen molar-refractivity contribution in [2.24, 2.45) is 7.05 Å². The summed E-state index contributed by atoms with van der Waals surface area (Å²) in [6.45, 7) is 6.88. The molecule has 1 aromatic carbocycles. The summed E-state index contributed by atoms with van der Waals surface area (Å²) < 4.78 is 4.13. The van der Waals surface area contributed by atoms with E-state index in [1.54, 1.807) is 0 Å². The lowest BCUT2D eigenvalue weighted by molar-refractivity contribution is -0.116. The van der Waals surface area contributed by atoms with Crippen molar-refractivity contribution in [3.63, 3.8) is 0 Å². The van der Waals surface area contributed by atoms with Gasteiger partial charge in [0.2, 0.25) is 5.91 Å². The van der Waals surface area contributed by atoms with E-state index in [2.05, 4.69) is 28.0 Å². The summed E-state index contributed by atoms with van der Waals surface area (Å²) in [5.74, 6) is 1.06. The SMILES string of the molecule is CCCC(=O)Nc1ccc2c(c1)nc(CCn1nc(C)cc1C)n2C. The van der Waals surface area contributed by atoms with Gasteiger partial charge in [-0.3, -0.25) is 9.48 Å². The van der Waals surface area contributed by atoms with E-state index in [1.807, 2.05) is 43.8 Å². The Morgan fingerprint density at radius 1 is 1.24 bits per heavy atom. The number of hydrogen-bond donors (Lipinski definition) is 1. The second-order valence-electron chi connectivity index (χ2n) is 6.49. The van der Waals surface area contributed by atoms with Crippen LogP contribution in [0.3, 0.4) is 0 Å². The Hall–Kier alpha value is -2.63. The number of hydrogen-bond acceptors (Lipinski definition) is 3. The lowest BCUT2D eigenvalue weighted by Gasteiger charge is -2.05. The second-order valence-corrected chi connectivity index (χ2v) is 6.49. The molecule has 0 aliphatic carbocycles. The van der Waals surface area contributed by atoms with E-state index < -0.39 is 0 Å². The minimum Gasteiger partial charge on any atom is -0.331 e. The van der Waals surface area contributed by atoms with E-state index in [0.717, 1.165) is 53.3 Å². The van der Waals surface area contributed by atoms with Crippen LogP contribution in [0.2, 0.25) is 0 Å². The molecule has 132 valence electrons. The van der Waals surface area contributed by atoms with Crippen LogP contribution >= 0.6 is 0 Å². The Bertz CT molecular complexity index is 906. The maximum absolute atomic E-state index is 11.8. The average molecular weight is 339 g/mol. The van der Waals surface area contributed by atoms with Gasteiger partial charge in [-0.25, -0.2) is 4.98 Å². The Kier molecular flexibility index (Phi) is 4.88. The van der Waals surface area contributed by atoms with Crippen LogP contribution in [-0.2, 0) is 24.8 Å². The van der Waals surface area contributed by atoms with Crippen LogP contribution in [0.4, 0.5) is 5.69 Å². The van der Waals surface area contributed by atoms with Gasteiger partial charge >= 0.3 is 0 Å². The maximum atomic E-state index is 11.8. The van der Waals surface area contributed by atoms with E-state index in [9.17, 15) is 4.79 Å². The smallest absolute Gasteiger partial charge is 0.224 e. The molecule has 0 radical (unpaired) electrons. The van der Waals surface area contributed by atoms with Gasteiger partial charge < -0.3 is 9.88 Å². The molecule has 3 rings (SSSR count). The number of benzene rings is 1. The number of carbonyl (C=O) groups excluding carboxylic acids is 1. The molecule has 0 fully saturated rings. The molecule has 6 heteroatoms. The molecule has 0 saturated heterocycles. The minimum atomic E-state index is 0.0440. The van der Waals surface area contributed by atoms with E-state index in [0.29, 0.717) is 6.42 Å². The van der Waals surface area contributed by atoms with Crippen LogP contribution < -0.4 is 5.32 Å². The third-order valence-corrected chi connectivity index (χ3v) is 4.38. The van der Waals surface area contributed by atoms with Gasteiger partial charge in [0.25, 0.3) is 0 Å². The largest absolute Gasteiger partial charge is 0.331 e. The normalized spacial score (nSPS) is 11.2. The summed E-state index contributed by atoms with van der Waals surface area (Å²) in [5, 5.41) is 7.43. The zero-order chi connectivity index (χ0) is 18.0. The van der Waals surface area contributed by atoms with Crippen LogP contribution in [0.1, 0.15) is 37.0 Å². The van der Waals surface area contributed by atoms with E-state index in [-0.39, 0.29) is 5.91 Å². The molecule has 2 heterocycles. The lowest BCUT2D eigenvalue weighted by Crippen LogP contribution is -2.10.